The summed E-state index contributed by atoms with van der Waals surface area (Å²) in [6, 6.07) is 17.7. The Morgan fingerprint density at radius 3 is 2.41 bits per heavy atom. The highest BCUT2D eigenvalue weighted by atomic mass is 35.5. The van der Waals surface area contributed by atoms with Crippen LogP contribution in [0.15, 0.2) is 60.7 Å². The van der Waals surface area contributed by atoms with Crippen molar-refractivity contribution < 1.29 is 19.1 Å². The van der Waals surface area contributed by atoms with Gasteiger partial charge in [0.15, 0.2) is 0 Å². The molecule has 5 rings (SSSR count). The van der Waals surface area contributed by atoms with Crippen LogP contribution in [0, 0.1) is 0 Å². The van der Waals surface area contributed by atoms with Crippen LogP contribution in [0.2, 0.25) is 10.0 Å². The highest BCUT2D eigenvalue weighted by molar-refractivity contribution is 6.36. The third kappa shape index (κ3) is 7.16. The smallest absolute Gasteiger partial charge is 0.323 e. The molecule has 2 aliphatic rings. The summed E-state index contributed by atoms with van der Waals surface area (Å²) in [7, 11) is 1.68. The summed E-state index contributed by atoms with van der Waals surface area (Å²) in [6.07, 6.45) is 1.93. The van der Waals surface area contributed by atoms with E-state index >= 15 is 0 Å². The van der Waals surface area contributed by atoms with Crippen LogP contribution < -0.4 is 30.5 Å². The second-order valence-corrected chi connectivity index (χ2v) is 10.8. The van der Waals surface area contributed by atoms with Gasteiger partial charge in [-0.15, -0.1) is 0 Å². The van der Waals surface area contributed by atoms with Crippen molar-refractivity contribution in [1.82, 2.24) is 5.32 Å². The highest BCUT2D eigenvalue weighted by Crippen LogP contribution is 2.31. The Morgan fingerprint density at radius 2 is 1.71 bits per heavy atom. The van der Waals surface area contributed by atoms with Crippen molar-refractivity contribution in [3.8, 4) is 5.75 Å². The van der Waals surface area contributed by atoms with E-state index in [0.29, 0.717) is 53.2 Å². The first-order valence-corrected chi connectivity index (χ1v) is 14.4. The number of rotatable bonds is 8. The molecule has 216 valence electrons. The van der Waals surface area contributed by atoms with Crippen LogP contribution in [0.3, 0.4) is 0 Å². The van der Waals surface area contributed by atoms with E-state index in [1.807, 2.05) is 24.3 Å². The number of methoxy groups -OCH3 is 1. The van der Waals surface area contributed by atoms with E-state index in [1.165, 1.54) is 0 Å². The molecule has 3 aromatic carbocycles. The molecule has 11 heteroatoms. The Hall–Kier alpha value is -3.66. The molecule has 9 nitrogen and oxygen atoms in total. The molecule has 2 saturated heterocycles. The second kappa shape index (κ2) is 13.3. The average molecular weight is 599 g/mol. The molecule has 0 bridgehead atoms. The van der Waals surface area contributed by atoms with Gasteiger partial charge in [0.25, 0.3) is 5.91 Å². The summed E-state index contributed by atoms with van der Waals surface area (Å²) in [5.74, 6) is 0.621. The van der Waals surface area contributed by atoms with Gasteiger partial charge >= 0.3 is 6.03 Å². The maximum Gasteiger partial charge on any atom is 0.323 e. The number of nitrogens with zero attached hydrogens (tertiary/aromatic N) is 2. The monoisotopic (exact) mass is 597 g/mol. The topological polar surface area (TPSA) is 95.2 Å². The molecule has 0 radical (unpaired) electrons. The number of hydrogen-bond acceptors (Lipinski definition) is 6. The number of nitrogens with one attached hydrogen (secondary N) is 3. The molecule has 41 heavy (non-hydrogen) atoms. The Balaban J connectivity index is 1.32. The number of carbonyl (C=O) groups is 2. The lowest BCUT2D eigenvalue weighted by molar-refractivity contribution is 0.0858. The van der Waals surface area contributed by atoms with Gasteiger partial charge in [-0.1, -0.05) is 35.3 Å². The summed E-state index contributed by atoms with van der Waals surface area (Å²) < 4.78 is 11.2. The Bertz CT molecular complexity index is 1390. The molecule has 0 spiro atoms. The minimum atomic E-state index is -0.488. The number of amides is 3. The molecule has 2 fully saturated rings. The quantitative estimate of drug-likeness (QED) is 0.300. The minimum absolute atomic E-state index is 0.0167. The zero-order chi connectivity index (χ0) is 28.8. The summed E-state index contributed by atoms with van der Waals surface area (Å²) in [4.78, 5) is 30.7. The Morgan fingerprint density at radius 1 is 0.951 bits per heavy atom. The lowest BCUT2D eigenvalue weighted by Gasteiger charge is -2.38. The molecular weight excluding hydrogens is 565 g/mol. The molecule has 1 atom stereocenters. The first kappa shape index (κ1) is 28.9. The van der Waals surface area contributed by atoms with Gasteiger partial charge in [0.1, 0.15) is 5.75 Å². The Labute approximate surface area is 249 Å². The summed E-state index contributed by atoms with van der Waals surface area (Å²) >= 11 is 12.2. The van der Waals surface area contributed by atoms with Crippen LogP contribution in [0.4, 0.5) is 27.5 Å². The molecule has 2 heterocycles. The predicted octanol–water partition coefficient (Wildman–Crippen LogP) is 5.88. The number of benzene rings is 3. The average Bonchev–Trinajstić information content (AvgIpc) is 3.51. The van der Waals surface area contributed by atoms with E-state index in [-0.39, 0.29) is 12.0 Å². The fraction of sp³-hybridized carbons (Fsp3) is 0.333. The van der Waals surface area contributed by atoms with Crippen LogP contribution in [0.25, 0.3) is 0 Å². The van der Waals surface area contributed by atoms with Gasteiger partial charge in [0.2, 0.25) is 0 Å². The third-order valence-electron chi connectivity index (χ3n) is 7.24. The number of piperazine rings is 1. The standard InChI is InChI=1S/C30H33Cl2N5O4/c1-40-28-7-3-2-6-27(28)37-14-12-36(13-15-37)26-11-9-21(18-23(26)29(38)33-19-22-5-4-16-41-22)34-30(39)35-25-10-8-20(31)17-24(25)32/h2-3,6-11,17-18,22H,4-5,12-16,19H2,1H3,(H,33,38)(H2,34,35,39). The molecule has 3 amide bonds. The van der Waals surface area contributed by atoms with E-state index < -0.39 is 6.03 Å². The molecule has 0 aromatic heterocycles. The zero-order valence-electron chi connectivity index (χ0n) is 22.8. The molecule has 0 aliphatic carbocycles. The fourth-order valence-electron chi connectivity index (χ4n) is 5.13. The summed E-state index contributed by atoms with van der Waals surface area (Å²) in [6.45, 7) is 4.11. The van der Waals surface area contributed by atoms with Crippen molar-refractivity contribution in [1.29, 1.82) is 0 Å². The second-order valence-electron chi connectivity index (χ2n) is 9.93. The van der Waals surface area contributed by atoms with Gasteiger partial charge in [0, 0.05) is 55.7 Å². The van der Waals surface area contributed by atoms with Crippen molar-refractivity contribution >= 4 is 57.9 Å². The maximum absolute atomic E-state index is 13.5. The van der Waals surface area contributed by atoms with E-state index in [2.05, 4.69) is 31.8 Å². The molecule has 3 N–H and O–H groups in total. The first-order chi connectivity index (χ1) is 19.9. The van der Waals surface area contributed by atoms with Crippen molar-refractivity contribution in [2.75, 3.05) is 66.9 Å². The van der Waals surface area contributed by atoms with Crippen LogP contribution in [-0.4, -0.2) is 64.5 Å². The largest absolute Gasteiger partial charge is 0.495 e. The third-order valence-corrected chi connectivity index (χ3v) is 7.79. The number of para-hydroxylation sites is 2. The highest BCUT2D eigenvalue weighted by Gasteiger charge is 2.25. The fourth-order valence-corrected chi connectivity index (χ4v) is 5.59. The van der Waals surface area contributed by atoms with Crippen LogP contribution >= 0.6 is 23.2 Å². The number of hydrogen-bond donors (Lipinski definition) is 3. The Kier molecular flexibility index (Phi) is 9.38. The van der Waals surface area contributed by atoms with Crippen LogP contribution in [-0.2, 0) is 4.74 Å². The van der Waals surface area contributed by atoms with E-state index in [4.69, 9.17) is 32.7 Å². The molecule has 3 aromatic rings. The number of ether oxygens (including phenoxy) is 2. The van der Waals surface area contributed by atoms with E-state index in [1.54, 1.807) is 37.4 Å². The molecule has 2 aliphatic heterocycles. The van der Waals surface area contributed by atoms with E-state index in [9.17, 15) is 9.59 Å². The van der Waals surface area contributed by atoms with Gasteiger partial charge in [-0.05, 0) is 61.4 Å². The van der Waals surface area contributed by atoms with Crippen molar-refractivity contribution in [3.05, 3.63) is 76.3 Å². The van der Waals surface area contributed by atoms with Crippen molar-refractivity contribution in [2.24, 2.45) is 0 Å². The maximum atomic E-state index is 13.5. The summed E-state index contributed by atoms with van der Waals surface area (Å²) in [5.41, 5.74) is 3.24. The number of halogens is 2. The normalized spacial score (nSPS) is 16.8. The molecule has 1 unspecified atom stereocenters. The molecular formula is C30H33Cl2N5O4. The first-order valence-electron chi connectivity index (χ1n) is 13.6. The summed E-state index contributed by atoms with van der Waals surface area (Å²) in [5, 5.41) is 9.35. The van der Waals surface area contributed by atoms with Gasteiger partial charge in [-0.2, -0.15) is 0 Å². The van der Waals surface area contributed by atoms with Crippen molar-refractivity contribution in [3.63, 3.8) is 0 Å². The van der Waals surface area contributed by atoms with E-state index in [0.717, 1.165) is 43.1 Å². The predicted molar refractivity (Wildman–Crippen MR) is 164 cm³/mol. The number of anilines is 4. The van der Waals surface area contributed by atoms with Gasteiger partial charge in [-0.25, -0.2) is 4.79 Å². The number of urea groups is 1. The van der Waals surface area contributed by atoms with Crippen molar-refractivity contribution in [2.45, 2.75) is 18.9 Å². The number of carbonyl (C=O) groups excluding carboxylic acids is 2. The minimum Gasteiger partial charge on any atom is -0.495 e. The lowest BCUT2D eigenvalue weighted by Crippen LogP contribution is -2.47. The lowest BCUT2D eigenvalue weighted by atomic mass is 10.1. The SMILES string of the molecule is COc1ccccc1N1CCN(c2ccc(NC(=O)Nc3ccc(Cl)cc3Cl)cc2C(=O)NCC2CCCO2)CC1. The zero-order valence-corrected chi connectivity index (χ0v) is 24.3. The van der Waals surface area contributed by atoms with Gasteiger partial charge < -0.3 is 35.2 Å². The van der Waals surface area contributed by atoms with Crippen LogP contribution in [0.5, 0.6) is 5.75 Å². The molecule has 0 saturated carbocycles. The van der Waals surface area contributed by atoms with Gasteiger partial charge in [-0.3, -0.25) is 4.79 Å². The van der Waals surface area contributed by atoms with Crippen LogP contribution in [0.1, 0.15) is 23.2 Å². The van der Waals surface area contributed by atoms with Gasteiger partial charge in [0.05, 0.1) is 35.2 Å².